The molecule has 1 atom stereocenters. The molecule has 0 saturated carbocycles. The van der Waals surface area contributed by atoms with Crippen molar-refractivity contribution in [2.75, 3.05) is 6.61 Å². The first kappa shape index (κ1) is 19.2. The highest BCUT2D eigenvalue weighted by molar-refractivity contribution is 7.80. The van der Waals surface area contributed by atoms with Crippen LogP contribution in [0.4, 0.5) is 0 Å². The maximum atomic E-state index is 12.9. The summed E-state index contributed by atoms with van der Waals surface area (Å²) in [6.07, 6.45) is -0.216. The lowest BCUT2D eigenvalue weighted by Gasteiger charge is -2.32. The number of fused-ring (bicyclic) bond motifs is 1. The fraction of sp³-hybridized carbons (Fsp3) is 0.333. The molecule has 0 fully saturated rings. The first-order chi connectivity index (χ1) is 12.9. The van der Waals surface area contributed by atoms with Gasteiger partial charge in [-0.25, -0.2) is 4.79 Å². The molecule has 1 unspecified atom stereocenters. The Labute approximate surface area is 164 Å². The number of hydrogen-bond acceptors (Lipinski definition) is 4. The van der Waals surface area contributed by atoms with Crippen molar-refractivity contribution >= 4 is 34.1 Å². The second-order valence-corrected chi connectivity index (χ2v) is 7.06. The minimum atomic E-state index is -0.461. The Morgan fingerprint density at radius 3 is 2.67 bits per heavy atom. The van der Waals surface area contributed by atoms with Gasteiger partial charge in [0.05, 0.1) is 24.3 Å². The van der Waals surface area contributed by atoms with Crippen molar-refractivity contribution < 1.29 is 14.3 Å². The molecule has 0 radical (unpaired) electrons. The molecular formula is C21H24N2O3S. The maximum Gasteiger partial charge on any atom is 0.338 e. The molecule has 1 aliphatic heterocycles. The van der Waals surface area contributed by atoms with Crippen LogP contribution < -0.4 is 15.4 Å². The molecule has 2 aromatic carbocycles. The Balaban J connectivity index is 2.22. The highest BCUT2D eigenvalue weighted by Gasteiger charge is 2.34. The van der Waals surface area contributed by atoms with Crippen LogP contribution in [0.3, 0.4) is 0 Å². The summed E-state index contributed by atoms with van der Waals surface area (Å²) in [5.74, 6) is 0.353. The Bertz CT molecular complexity index is 921. The van der Waals surface area contributed by atoms with Crippen LogP contribution in [0.1, 0.15) is 39.3 Å². The van der Waals surface area contributed by atoms with Crippen LogP contribution in [0.25, 0.3) is 10.8 Å². The van der Waals surface area contributed by atoms with Crippen molar-refractivity contribution in [3.63, 3.8) is 0 Å². The minimum Gasteiger partial charge on any atom is -0.493 e. The number of esters is 1. The SMILES string of the molecule is CCOc1ccc2ccccc2c1C1NC(=S)NC(C)=C1C(=O)OC(C)C. The molecule has 2 aromatic rings. The van der Waals surface area contributed by atoms with Gasteiger partial charge in [-0.1, -0.05) is 30.3 Å². The Morgan fingerprint density at radius 2 is 1.96 bits per heavy atom. The average molecular weight is 385 g/mol. The van der Waals surface area contributed by atoms with Crippen molar-refractivity contribution in [2.24, 2.45) is 0 Å². The molecule has 5 nitrogen and oxygen atoms in total. The molecule has 142 valence electrons. The standard InChI is InChI=1S/C21H24N2O3S/c1-5-25-16-11-10-14-8-6-7-9-15(14)18(16)19-17(20(24)26-12(2)3)13(4)22-21(27)23-19/h6-12,19H,5H2,1-4H3,(H2,22,23,27). The Hall–Kier alpha value is -2.60. The first-order valence-corrected chi connectivity index (χ1v) is 9.46. The van der Waals surface area contributed by atoms with Crippen molar-refractivity contribution in [3.05, 3.63) is 53.2 Å². The molecule has 27 heavy (non-hydrogen) atoms. The number of carbonyl (C=O) groups is 1. The van der Waals surface area contributed by atoms with Gasteiger partial charge < -0.3 is 20.1 Å². The third kappa shape index (κ3) is 3.90. The molecule has 3 rings (SSSR count). The van der Waals surface area contributed by atoms with Crippen LogP contribution in [0.2, 0.25) is 0 Å². The van der Waals surface area contributed by atoms with Crippen molar-refractivity contribution in [1.82, 2.24) is 10.6 Å². The monoisotopic (exact) mass is 384 g/mol. The molecule has 0 aromatic heterocycles. The molecular weight excluding hydrogens is 360 g/mol. The first-order valence-electron chi connectivity index (χ1n) is 9.06. The van der Waals surface area contributed by atoms with E-state index in [4.69, 9.17) is 21.7 Å². The van der Waals surface area contributed by atoms with Crippen molar-refractivity contribution in [1.29, 1.82) is 0 Å². The zero-order valence-electron chi connectivity index (χ0n) is 16.0. The molecule has 0 spiro atoms. The number of hydrogen-bond donors (Lipinski definition) is 2. The van der Waals surface area contributed by atoms with E-state index in [0.717, 1.165) is 22.1 Å². The minimum absolute atomic E-state index is 0.216. The number of rotatable bonds is 5. The fourth-order valence-corrected chi connectivity index (χ4v) is 3.58. The fourth-order valence-electron chi connectivity index (χ4n) is 3.31. The number of allylic oxidation sites excluding steroid dienone is 1. The molecule has 0 aliphatic carbocycles. The van der Waals surface area contributed by atoms with Gasteiger partial charge >= 0.3 is 5.97 Å². The third-order valence-corrected chi connectivity index (χ3v) is 4.57. The van der Waals surface area contributed by atoms with Crippen LogP contribution >= 0.6 is 12.2 Å². The lowest BCUT2D eigenvalue weighted by molar-refractivity contribution is -0.143. The van der Waals surface area contributed by atoms with Gasteiger partial charge in [0, 0.05) is 11.3 Å². The van der Waals surface area contributed by atoms with Crippen LogP contribution in [0.5, 0.6) is 5.75 Å². The normalized spacial score (nSPS) is 16.9. The summed E-state index contributed by atoms with van der Waals surface area (Å²) < 4.78 is 11.4. The molecule has 2 N–H and O–H groups in total. The second kappa shape index (κ2) is 7.96. The number of carbonyl (C=O) groups excluding carboxylic acids is 1. The number of thiocarbonyl (C=S) groups is 1. The predicted octanol–water partition coefficient (Wildman–Crippen LogP) is 3.98. The Morgan fingerprint density at radius 1 is 1.22 bits per heavy atom. The third-order valence-electron chi connectivity index (χ3n) is 4.35. The van der Waals surface area contributed by atoms with E-state index in [-0.39, 0.29) is 12.1 Å². The summed E-state index contributed by atoms with van der Waals surface area (Å²) >= 11 is 5.37. The Kier molecular flexibility index (Phi) is 5.65. The van der Waals surface area contributed by atoms with E-state index in [1.165, 1.54) is 0 Å². The zero-order chi connectivity index (χ0) is 19.6. The van der Waals surface area contributed by atoms with Gasteiger partial charge in [-0.3, -0.25) is 0 Å². The lowest BCUT2D eigenvalue weighted by atomic mass is 9.90. The molecule has 1 aliphatic rings. The van der Waals surface area contributed by atoms with Crippen LogP contribution in [-0.4, -0.2) is 23.8 Å². The molecule has 0 bridgehead atoms. The summed E-state index contributed by atoms with van der Waals surface area (Å²) in [6, 6.07) is 11.5. The van der Waals surface area contributed by atoms with E-state index in [1.807, 2.05) is 64.1 Å². The van der Waals surface area contributed by atoms with Crippen LogP contribution in [-0.2, 0) is 9.53 Å². The summed E-state index contributed by atoms with van der Waals surface area (Å²) in [5, 5.41) is 8.82. The van der Waals surface area contributed by atoms with Gasteiger partial charge in [0.2, 0.25) is 0 Å². The molecule has 0 saturated heterocycles. The van der Waals surface area contributed by atoms with Crippen LogP contribution in [0.15, 0.2) is 47.7 Å². The quantitative estimate of drug-likeness (QED) is 0.601. The van der Waals surface area contributed by atoms with Gasteiger partial charge in [-0.15, -0.1) is 0 Å². The van der Waals surface area contributed by atoms with E-state index in [0.29, 0.717) is 23.0 Å². The summed E-state index contributed by atoms with van der Waals surface area (Å²) in [7, 11) is 0. The topological polar surface area (TPSA) is 59.6 Å². The smallest absolute Gasteiger partial charge is 0.338 e. The second-order valence-electron chi connectivity index (χ2n) is 6.66. The van der Waals surface area contributed by atoms with Crippen molar-refractivity contribution in [3.8, 4) is 5.75 Å². The van der Waals surface area contributed by atoms with Crippen molar-refractivity contribution in [2.45, 2.75) is 39.8 Å². The van der Waals surface area contributed by atoms with Gasteiger partial charge in [-0.05, 0) is 56.8 Å². The van der Waals surface area contributed by atoms with E-state index >= 15 is 0 Å². The summed E-state index contributed by atoms with van der Waals surface area (Å²) in [6.45, 7) is 7.97. The largest absolute Gasteiger partial charge is 0.493 e. The highest BCUT2D eigenvalue weighted by atomic mass is 32.1. The van der Waals surface area contributed by atoms with E-state index < -0.39 is 6.04 Å². The number of nitrogens with one attached hydrogen (secondary N) is 2. The molecule has 0 amide bonds. The van der Waals surface area contributed by atoms with Crippen LogP contribution in [0, 0.1) is 0 Å². The highest BCUT2D eigenvalue weighted by Crippen LogP contribution is 2.38. The maximum absolute atomic E-state index is 12.9. The average Bonchev–Trinajstić information content (AvgIpc) is 2.60. The van der Waals surface area contributed by atoms with Gasteiger partial charge in [-0.2, -0.15) is 0 Å². The van der Waals surface area contributed by atoms with E-state index in [9.17, 15) is 4.79 Å². The van der Waals surface area contributed by atoms with Gasteiger partial charge in [0.15, 0.2) is 5.11 Å². The number of benzene rings is 2. The van der Waals surface area contributed by atoms with Gasteiger partial charge in [0.25, 0.3) is 0 Å². The predicted molar refractivity (Wildman–Crippen MR) is 111 cm³/mol. The summed E-state index contributed by atoms with van der Waals surface area (Å²) in [4.78, 5) is 12.9. The van der Waals surface area contributed by atoms with E-state index in [2.05, 4.69) is 10.6 Å². The zero-order valence-corrected chi connectivity index (χ0v) is 16.8. The van der Waals surface area contributed by atoms with E-state index in [1.54, 1.807) is 0 Å². The van der Waals surface area contributed by atoms with Gasteiger partial charge in [0.1, 0.15) is 5.75 Å². The summed E-state index contributed by atoms with van der Waals surface area (Å²) in [5.41, 5.74) is 2.08. The number of ether oxygens (including phenoxy) is 2. The lowest BCUT2D eigenvalue weighted by Crippen LogP contribution is -2.45. The molecule has 6 heteroatoms. The molecule has 1 heterocycles.